The molecule has 0 atom stereocenters. The minimum absolute atomic E-state index is 0.664. The Balaban J connectivity index is 2.55. The summed E-state index contributed by atoms with van der Waals surface area (Å²) in [5.74, 6) is 0. The number of aromatic nitrogens is 1. The third-order valence-electron chi connectivity index (χ3n) is 1.62. The first-order chi connectivity index (χ1) is 6.31. The molecule has 0 bridgehead atoms. The molecule has 0 aliphatic heterocycles. The van der Waals surface area contributed by atoms with E-state index in [4.69, 9.17) is 4.74 Å². The zero-order chi connectivity index (χ0) is 9.26. The molecular weight excluding hydrogens is 250 g/mol. The molecule has 0 N–H and O–H groups in total. The summed E-state index contributed by atoms with van der Waals surface area (Å²) in [6.07, 6.45) is 0. The maximum absolute atomic E-state index is 5.33. The van der Waals surface area contributed by atoms with Crippen LogP contribution in [0.5, 0.6) is 5.19 Å². The molecule has 4 heteroatoms. The van der Waals surface area contributed by atoms with E-state index < -0.39 is 0 Å². The molecule has 0 saturated heterocycles. The molecule has 2 nitrogen and oxygen atoms in total. The summed E-state index contributed by atoms with van der Waals surface area (Å²) in [5.41, 5.74) is 0.982. The van der Waals surface area contributed by atoms with Crippen LogP contribution in [0.3, 0.4) is 0 Å². The van der Waals surface area contributed by atoms with Crippen LogP contribution in [0.2, 0.25) is 0 Å². The molecule has 0 fully saturated rings. The molecule has 0 spiro atoms. The normalized spacial score (nSPS) is 10.6. The highest BCUT2D eigenvalue weighted by molar-refractivity contribution is 9.10. The highest BCUT2D eigenvalue weighted by atomic mass is 79.9. The molecule has 2 aromatic rings. The Labute approximate surface area is 88.7 Å². The van der Waals surface area contributed by atoms with E-state index in [1.54, 1.807) is 11.3 Å². The third-order valence-corrected chi connectivity index (χ3v) is 3.19. The summed E-state index contributed by atoms with van der Waals surface area (Å²) in [5, 5.41) is 0.740. The standard InChI is InChI=1S/C9H8BrNOS/c1-2-12-9-11-8-6(10)4-3-5-7(8)13-9/h3-5H,2H2,1H3. The second kappa shape index (κ2) is 3.64. The number of benzene rings is 1. The first-order valence-corrected chi connectivity index (χ1v) is 5.60. The Kier molecular flexibility index (Phi) is 2.51. The molecule has 1 heterocycles. The molecule has 68 valence electrons. The summed E-state index contributed by atoms with van der Waals surface area (Å²) >= 11 is 5.02. The van der Waals surface area contributed by atoms with Gasteiger partial charge in [0.15, 0.2) is 0 Å². The molecule has 0 radical (unpaired) electrons. The van der Waals surface area contributed by atoms with Crippen molar-refractivity contribution in [2.75, 3.05) is 6.61 Å². The van der Waals surface area contributed by atoms with Crippen molar-refractivity contribution in [2.24, 2.45) is 0 Å². The van der Waals surface area contributed by atoms with Gasteiger partial charge < -0.3 is 4.74 Å². The minimum Gasteiger partial charge on any atom is -0.470 e. The van der Waals surface area contributed by atoms with Crippen LogP contribution in [0, 0.1) is 0 Å². The molecule has 1 aromatic carbocycles. The predicted octanol–water partition coefficient (Wildman–Crippen LogP) is 3.46. The Morgan fingerprint density at radius 2 is 2.38 bits per heavy atom. The highest BCUT2D eigenvalue weighted by Crippen LogP contribution is 2.31. The van der Waals surface area contributed by atoms with Crippen molar-refractivity contribution in [2.45, 2.75) is 6.92 Å². The lowest BCUT2D eigenvalue weighted by molar-refractivity contribution is 0.339. The van der Waals surface area contributed by atoms with E-state index in [-0.39, 0.29) is 0 Å². The molecule has 1 aromatic heterocycles. The van der Waals surface area contributed by atoms with Crippen LogP contribution in [-0.4, -0.2) is 11.6 Å². The van der Waals surface area contributed by atoms with Gasteiger partial charge in [0, 0.05) is 4.47 Å². The summed E-state index contributed by atoms with van der Waals surface area (Å²) in [7, 11) is 0. The predicted molar refractivity (Wildman–Crippen MR) is 58.5 cm³/mol. The van der Waals surface area contributed by atoms with E-state index in [0.29, 0.717) is 6.61 Å². The lowest BCUT2D eigenvalue weighted by Crippen LogP contribution is -1.89. The van der Waals surface area contributed by atoms with Gasteiger partial charge in [0.25, 0.3) is 5.19 Å². The first-order valence-electron chi connectivity index (χ1n) is 3.99. The number of fused-ring (bicyclic) bond motifs is 1. The van der Waals surface area contributed by atoms with Crippen molar-refractivity contribution in [3.63, 3.8) is 0 Å². The Morgan fingerprint density at radius 1 is 1.54 bits per heavy atom. The van der Waals surface area contributed by atoms with Gasteiger partial charge in [-0.1, -0.05) is 17.4 Å². The van der Waals surface area contributed by atoms with Gasteiger partial charge in [-0.15, -0.1) is 0 Å². The van der Waals surface area contributed by atoms with Gasteiger partial charge >= 0.3 is 0 Å². The maximum Gasteiger partial charge on any atom is 0.274 e. The van der Waals surface area contributed by atoms with Crippen LogP contribution in [0.4, 0.5) is 0 Å². The lowest BCUT2D eigenvalue weighted by Gasteiger charge is -1.92. The van der Waals surface area contributed by atoms with Gasteiger partial charge in [-0.3, -0.25) is 0 Å². The van der Waals surface area contributed by atoms with E-state index in [2.05, 4.69) is 20.9 Å². The number of hydrogen-bond donors (Lipinski definition) is 0. The van der Waals surface area contributed by atoms with Gasteiger partial charge in [0.05, 0.1) is 16.8 Å². The molecule has 2 rings (SSSR count). The van der Waals surface area contributed by atoms with Crippen molar-refractivity contribution in [1.82, 2.24) is 4.98 Å². The number of halogens is 1. The maximum atomic E-state index is 5.33. The quantitative estimate of drug-likeness (QED) is 0.822. The third kappa shape index (κ3) is 1.69. The zero-order valence-electron chi connectivity index (χ0n) is 7.08. The number of hydrogen-bond acceptors (Lipinski definition) is 3. The van der Waals surface area contributed by atoms with E-state index in [9.17, 15) is 0 Å². The summed E-state index contributed by atoms with van der Waals surface area (Å²) in [4.78, 5) is 4.35. The molecule has 0 saturated carbocycles. The van der Waals surface area contributed by atoms with Crippen molar-refractivity contribution in [3.8, 4) is 5.19 Å². The van der Waals surface area contributed by atoms with E-state index in [0.717, 1.165) is 19.9 Å². The van der Waals surface area contributed by atoms with Gasteiger partial charge in [-0.05, 0) is 35.0 Å². The van der Waals surface area contributed by atoms with E-state index >= 15 is 0 Å². The van der Waals surface area contributed by atoms with Crippen LogP contribution in [-0.2, 0) is 0 Å². The van der Waals surface area contributed by atoms with Crippen LogP contribution >= 0.6 is 27.3 Å². The van der Waals surface area contributed by atoms with Crippen LogP contribution < -0.4 is 4.74 Å². The second-order valence-corrected chi connectivity index (χ2v) is 4.35. The first kappa shape index (κ1) is 8.97. The Bertz CT molecular complexity index is 426. The van der Waals surface area contributed by atoms with Gasteiger partial charge in [-0.25, -0.2) is 4.98 Å². The Morgan fingerprint density at radius 3 is 3.08 bits per heavy atom. The number of nitrogens with zero attached hydrogens (tertiary/aromatic N) is 1. The molecule has 0 unspecified atom stereocenters. The lowest BCUT2D eigenvalue weighted by atomic mass is 10.3. The van der Waals surface area contributed by atoms with Gasteiger partial charge in [-0.2, -0.15) is 0 Å². The fourth-order valence-electron chi connectivity index (χ4n) is 1.08. The summed E-state index contributed by atoms with van der Waals surface area (Å²) in [6.45, 7) is 2.62. The zero-order valence-corrected chi connectivity index (χ0v) is 9.48. The number of para-hydroxylation sites is 1. The number of ether oxygens (including phenoxy) is 1. The fraction of sp³-hybridized carbons (Fsp3) is 0.222. The SMILES string of the molecule is CCOc1nc2c(Br)cccc2s1. The van der Waals surface area contributed by atoms with E-state index in [1.807, 2.05) is 25.1 Å². The molecule has 0 amide bonds. The fourth-order valence-corrected chi connectivity index (χ4v) is 2.57. The number of thiazole rings is 1. The average molecular weight is 258 g/mol. The number of rotatable bonds is 2. The molecular formula is C9H8BrNOS. The van der Waals surface area contributed by atoms with Crippen LogP contribution in [0.25, 0.3) is 10.2 Å². The monoisotopic (exact) mass is 257 g/mol. The van der Waals surface area contributed by atoms with Crippen LogP contribution in [0.1, 0.15) is 6.92 Å². The largest absolute Gasteiger partial charge is 0.470 e. The molecule has 0 aliphatic carbocycles. The van der Waals surface area contributed by atoms with Crippen molar-refractivity contribution >= 4 is 37.5 Å². The summed E-state index contributed by atoms with van der Waals surface area (Å²) < 4.78 is 7.50. The highest BCUT2D eigenvalue weighted by Gasteiger charge is 2.05. The molecule has 0 aliphatic rings. The minimum atomic E-state index is 0.664. The second-order valence-electron chi connectivity index (χ2n) is 2.50. The van der Waals surface area contributed by atoms with E-state index in [1.165, 1.54) is 0 Å². The average Bonchev–Trinajstić information content (AvgIpc) is 2.49. The summed E-state index contributed by atoms with van der Waals surface area (Å²) in [6, 6.07) is 6.03. The molecule has 13 heavy (non-hydrogen) atoms. The van der Waals surface area contributed by atoms with Crippen LogP contribution in [0.15, 0.2) is 22.7 Å². The Hall–Kier alpha value is -0.610. The van der Waals surface area contributed by atoms with Gasteiger partial charge in [0.1, 0.15) is 0 Å². The van der Waals surface area contributed by atoms with Gasteiger partial charge in [0.2, 0.25) is 0 Å². The topological polar surface area (TPSA) is 22.1 Å². The smallest absolute Gasteiger partial charge is 0.274 e. The van der Waals surface area contributed by atoms with Crippen molar-refractivity contribution in [3.05, 3.63) is 22.7 Å². The van der Waals surface area contributed by atoms with Crippen molar-refractivity contribution < 1.29 is 4.74 Å². The van der Waals surface area contributed by atoms with Crippen molar-refractivity contribution in [1.29, 1.82) is 0 Å².